The Balaban J connectivity index is 2.40. The molecule has 112 valence electrons. The van der Waals surface area contributed by atoms with Crippen molar-refractivity contribution < 1.29 is 9.13 Å². The molecular weight excluding hydrogens is 269 g/mol. The number of benzene rings is 2. The summed E-state index contributed by atoms with van der Waals surface area (Å²) in [4.78, 5) is 2.00. The number of nitrogens with one attached hydrogen (secondary N) is 1. The van der Waals surface area contributed by atoms with E-state index in [2.05, 4.69) is 5.43 Å². The largest absolute Gasteiger partial charge is 0.494 e. The Labute approximate surface area is 124 Å². The third-order valence-electron chi connectivity index (χ3n) is 3.43. The second-order valence-electron chi connectivity index (χ2n) is 4.95. The molecule has 21 heavy (non-hydrogen) atoms. The van der Waals surface area contributed by atoms with Gasteiger partial charge >= 0.3 is 0 Å². The zero-order chi connectivity index (χ0) is 15.4. The molecule has 0 aliphatic heterocycles. The Kier molecular flexibility index (Phi) is 4.77. The van der Waals surface area contributed by atoms with Gasteiger partial charge in [0.15, 0.2) is 11.6 Å². The third-order valence-corrected chi connectivity index (χ3v) is 3.43. The fourth-order valence-corrected chi connectivity index (χ4v) is 2.24. The van der Waals surface area contributed by atoms with Gasteiger partial charge in [0.25, 0.3) is 0 Å². The Hall–Kier alpha value is -2.11. The number of hydrogen-bond donors (Lipinski definition) is 2. The van der Waals surface area contributed by atoms with Crippen molar-refractivity contribution in [1.29, 1.82) is 0 Å². The molecule has 2 rings (SSSR count). The van der Waals surface area contributed by atoms with Crippen LogP contribution in [-0.4, -0.2) is 21.2 Å². The van der Waals surface area contributed by atoms with E-state index in [1.165, 1.54) is 7.11 Å². The van der Waals surface area contributed by atoms with Crippen LogP contribution in [0.1, 0.15) is 17.2 Å². The van der Waals surface area contributed by atoms with Crippen molar-refractivity contribution in [3.63, 3.8) is 0 Å². The summed E-state index contributed by atoms with van der Waals surface area (Å²) in [5, 5.41) is 0. The molecule has 0 bridgehead atoms. The number of nitrogens with zero attached hydrogens (tertiary/aromatic N) is 1. The molecule has 0 aromatic heterocycles. The molecule has 0 radical (unpaired) electrons. The zero-order valence-electron chi connectivity index (χ0n) is 12.4. The van der Waals surface area contributed by atoms with Gasteiger partial charge in [0.2, 0.25) is 0 Å². The molecule has 0 heterocycles. The highest BCUT2D eigenvalue weighted by atomic mass is 19.1. The molecule has 1 unspecified atom stereocenters. The maximum absolute atomic E-state index is 14.4. The van der Waals surface area contributed by atoms with E-state index in [4.69, 9.17) is 10.6 Å². The number of anilines is 1. The molecule has 0 saturated heterocycles. The monoisotopic (exact) mass is 289 g/mol. The number of hydrogen-bond acceptors (Lipinski definition) is 4. The van der Waals surface area contributed by atoms with Crippen LogP contribution in [0.25, 0.3) is 0 Å². The summed E-state index contributed by atoms with van der Waals surface area (Å²) < 4.78 is 19.4. The van der Waals surface area contributed by atoms with E-state index in [-0.39, 0.29) is 5.75 Å². The molecule has 2 aromatic carbocycles. The molecule has 2 aromatic rings. The van der Waals surface area contributed by atoms with Crippen LogP contribution in [0.2, 0.25) is 0 Å². The molecule has 0 aliphatic rings. The van der Waals surface area contributed by atoms with Gasteiger partial charge in [0.1, 0.15) is 0 Å². The van der Waals surface area contributed by atoms with E-state index in [1.54, 1.807) is 18.2 Å². The van der Waals surface area contributed by atoms with Gasteiger partial charge in [-0.3, -0.25) is 5.84 Å². The van der Waals surface area contributed by atoms with E-state index >= 15 is 0 Å². The van der Waals surface area contributed by atoms with Crippen molar-refractivity contribution in [2.24, 2.45) is 5.84 Å². The Morgan fingerprint density at radius 2 is 1.81 bits per heavy atom. The molecule has 0 spiro atoms. The SMILES string of the molecule is COc1cccc(C(NN)c2ccc(N(C)C)cc2)c1F. The van der Waals surface area contributed by atoms with Crippen molar-refractivity contribution in [2.45, 2.75) is 6.04 Å². The summed E-state index contributed by atoms with van der Waals surface area (Å²) in [5.74, 6) is 5.43. The van der Waals surface area contributed by atoms with E-state index in [0.717, 1.165) is 11.3 Å². The highest BCUT2D eigenvalue weighted by Gasteiger charge is 2.19. The van der Waals surface area contributed by atoms with Crippen LogP contribution < -0.4 is 20.9 Å². The Bertz CT molecular complexity index is 599. The first kappa shape index (κ1) is 15.3. The lowest BCUT2D eigenvalue weighted by atomic mass is 9.98. The predicted octanol–water partition coefficient (Wildman–Crippen LogP) is 2.45. The normalized spacial score (nSPS) is 12.0. The summed E-state index contributed by atoms with van der Waals surface area (Å²) in [5.41, 5.74) is 5.07. The van der Waals surface area contributed by atoms with E-state index in [9.17, 15) is 4.39 Å². The van der Waals surface area contributed by atoms with Crippen molar-refractivity contribution in [3.05, 3.63) is 59.4 Å². The van der Waals surface area contributed by atoms with Crippen LogP contribution in [0.4, 0.5) is 10.1 Å². The first-order valence-corrected chi connectivity index (χ1v) is 6.64. The minimum atomic E-state index is -0.434. The summed E-state index contributed by atoms with van der Waals surface area (Å²) in [6.45, 7) is 0. The van der Waals surface area contributed by atoms with Crippen molar-refractivity contribution in [2.75, 3.05) is 26.1 Å². The van der Waals surface area contributed by atoms with Gasteiger partial charge < -0.3 is 9.64 Å². The van der Waals surface area contributed by atoms with Gasteiger partial charge in [-0.05, 0) is 23.8 Å². The van der Waals surface area contributed by atoms with Crippen LogP contribution in [0.5, 0.6) is 5.75 Å². The summed E-state index contributed by atoms with van der Waals surface area (Å²) in [7, 11) is 5.38. The van der Waals surface area contributed by atoms with Crippen molar-refractivity contribution in [3.8, 4) is 5.75 Å². The molecule has 1 atom stereocenters. The first-order chi connectivity index (χ1) is 10.1. The van der Waals surface area contributed by atoms with Crippen LogP contribution in [0.3, 0.4) is 0 Å². The highest BCUT2D eigenvalue weighted by molar-refractivity contribution is 5.48. The van der Waals surface area contributed by atoms with Crippen LogP contribution in [0, 0.1) is 5.82 Å². The van der Waals surface area contributed by atoms with Gasteiger partial charge in [0.05, 0.1) is 13.2 Å². The lowest BCUT2D eigenvalue weighted by Crippen LogP contribution is -2.29. The summed E-state index contributed by atoms with van der Waals surface area (Å²) in [6.07, 6.45) is 0. The third kappa shape index (κ3) is 3.15. The molecular formula is C16H20FN3O. The van der Waals surface area contributed by atoms with Gasteiger partial charge in [0, 0.05) is 25.3 Å². The first-order valence-electron chi connectivity index (χ1n) is 6.64. The molecule has 0 aliphatic carbocycles. The lowest BCUT2D eigenvalue weighted by molar-refractivity contribution is 0.381. The zero-order valence-corrected chi connectivity index (χ0v) is 12.4. The van der Waals surface area contributed by atoms with Crippen molar-refractivity contribution in [1.82, 2.24) is 5.43 Å². The van der Waals surface area contributed by atoms with Crippen LogP contribution >= 0.6 is 0 Å². The van der Waals surface area contributed by atoms with Gasteiger partial charge in [-0.2, -0.15) is 0 Å². The fraction of sp³-hybridized carbons (Fsp3) is 0.250. The van der Waals surface area contributed by atoms with Crippen LogP contribution in [-0.2, 0) is 0 Å². The van der Waals surface area contributed by atoms with Gasteiger partial charge in [-0.15, -0.1) is 0 Å². The minimum absolute atomic E-state index is 0.206. The molecule has 0 saturated carbocycles. The number of nitrogens with two attached hydrogens (primary N) is 1. The molecule has 5 heteroatoms. The van der Waals surface area contributed by atoms with Crippen LogP contribution in [0.15, 0.2) is 42.5 Å². The summed E-state index contributed by atoms with van der Waals surface area (Å²) in [6, 6.07) is 12.4. The predicted molar refractivity (Wildman–Crippen MR) is 82.9 cm³/mol. The fourth-order valence-electron chi connectivity index (χ4n) is 2.24. The maximum atomic E-state index is 14.4. The molecule has 3 N–H and O–H groups in total. The quantitative estimate of drug-likeness (QED) is 0.656. The molecule has 0 fully saturated rings. The Morgan fingerprint density at radius 3 is 2.33 bits per heavy atom. The maximum Gasteiger partial charge on any atom is 0.170 e. The van der Waals surface area contributed by atoms with E-state index < -0.39 is 11.9 Å². The van der Waals surface area contributed by atoms with Gasteiger partial charge in [-0.1, -0.05) is 24.3 Å². The Morgan fingerprint density at radius 1 is 1.14 bits per heavy atom. The molecule has 4 nitrogen and oxygen atoms in total. The average molecular weight is 289 g/mol. The van der Waals surface area contributed by atoms with E-state index in [0.29, 0.717) is 5.56 Å². The second kappa shape index (κ2) is 6.56. The number of methoxy groups -OCH3 is 1. The van der Waals surface area contributed by atoms with Crippen molar-refractivity contribution >= 4 is 5.69 Å². The smallest absolute Gasteiger partial charge is 0.170 e. The number of halogens is 1. The number of hydrazine groups is 1. The standard InChI is InChI=1S/C16H20FN3O/c1-20(2)12-9-7-11(8-10-12)16(19-18)13-5-4-6-14(21-3)15(13)17/h4-10,16,19H,18H2,1-3H3. The number of rotatable bonds is 5. The van der Waals surface area contributed by atoms with Gasteiger partial charge in [-0.25, -0.2) is 9.82 Å². The van der Waals surface area contributed by atoms with E-state index in [1.807, 2.05) is 43.3 Å². The second-order valence-corrected chi connectivity index (χ2v) is 4.95. The minimum Gasteiger partial charge on any atom is -0.494 e. The summed E-state index contributed by atoms with van der Waals surface area (Å²) >= 11 is 0. The average Bonchev–Trinajstić information content (AvgIpc) is 2.50. The lowest BCUT2D eigenvalue weighted by Gasteiger charge is -2.20. The number of ether oxygens (including phenoxy) is 1. The topological polar surface area (TPSA) is 50.5 Å². The molecule has 0 amide bonds. The highest BCUT2D eigenvalue weighted by Crippen LogP contribution is 2.29.